The Labute approximate surface area is 212 Å². The lowest BCUT2D eigenvalue weighted by Crippen LogP contribution is -2.59. The van der Waals surface area contributed by atoms with Crippen LogP contribution in [0.1, 0.15) is 31.4 Å². The van der Waals surface area contributed by atoms with Crippen molar-refractivity contribution in [2.24, 2.45) is 5.16 Å². The van der Waals surface area contributed by atoms with Crippen LogP contribution in [0.4, 0.5) is 0 Å². The fourth-order valence-corrected chi connectivity index (χ4v) is 4.46. The molecular weight excluding hydrogens is 460 g/mol. The lowest BCUT2D eigenvalue weighted by Gasteiger charge is -2.42. The Balaban J connectivity index is 1.38. The van der Waals surface area contributed by atoms with Gasteiger partial charge in [-0.15, -0.1) is 0 Å². The maximum absolute atomic E-state index is 5.91. The normalized spacial score (nSPS) is 24.3. The van der Waals surface area contributed by atoms with Gasteiger partial charge in [0.25, 0.3) is 6.29 Å². The molecule has 1 aromatic heterocycles. The van der Waals surface area contributed by atoms with Gasteiger partial charge in [0, 0.05) is 38.5 Å². The Morgan fingerprint density at radius 3 is 2.19 bits per heavy atom. The molecule has 0 saturated carbocycles. The second kappa shape index (κ2) is 12.3. The molecule has 2 aromatic carbocycles. The fourth-order valence-electron chi connectivity index (χ4n) is 4.46. The number of nitrogens with zero attached hydrogens (tertiary/aromatic N) is 2. The van der Waals surface area contributed by atoms with Crippen molar-refractivity contribution in [3.8, 4) is 22.6 Å². The average molecular weight is 495 g/mol. The first-order chi connectivity index (χ1) is 17.6. The summed E-state index contributed by atoms with van der Waals surface area (Å²) >= 11 is 0. The quantitative estimate of drug-likeness (QED) is 0.286. The Kier molecular flexibility index (Phi) is 8.88. The molecule has 36 heavy (non-hydrogen) atoms. The predicted molar refractivity (Wildman–Crippen MR) is 137 cm³/mol. The van der Waals surface area contributed by atoms with Crippen LogP contribution in [0, 0.1) is 0 Å². The van der Waals surface area contributed by atoms with Crippen LogP contribution in [0.3, 0.4) is 0 Å². The minimum atomic E-state index is -0.721. The van der Waals surface area contributed by atoms with Crippen LogP contribution in [0.25, 0.3) is 22.6 Å². The van der Waals surface area contributed by atoms with Crippen molar-refractivity contribution in [2.75, 3.05) is 21.3 Å². The van der Waals surface area contributed by atoms with E-state index < -0.39 is 12.4 Å². The van der Waals surface area contributed by atoms with E-state index in [4.69, 9.17) is 28.3 Å². The topological polar surface area (TPSA) is 84.5 Å². The molecule has 8 heteroatoms. The van der Waals surface area contributed by atoms with E-state index in [0.717, 1.165) is 41.0 Å². The van der Waals surface area contributed by atoms with E-state index in [1.165, 1.54) is 5.56 Å². The molecule has 192 valence electrons. The molecule has 1 aliphatic rings. The molecule has 0 bridgehead atoms. The smallest absolute Gasteiger partial charge is 0.256 e. The molecular formula is C28H34N2O6. The summed E-state index contributed by atoms with van der Waals surface area (Å²) in [6.07, 6.45) is 1.76. The van der Waals surface area contributed by atoms with Crippen LogP contribution in [0.15, 0.2) is 64.3 Å². The van der Waals surface area contributed by atoms with Crippen molar-refractivity contribution in [1.29, 1.82) is 0 Å². The van der Waals surface area contributed by atoms with E-state index in [0.29, 0.717) is 0 Å². The van der Waals surface area contributed by atoms with Crippen LogP contribution in [-0.4, -0.2) is 63.4 Å². The summed E-state index contributed by atoms with van der Waals surface area (Å²) in [6, 6.07) is 18.2. The largest absolute Gasteiger partial charge is 0.376 e. The van der Waals surface area contributed by atoms with Gasteiger partial charge in [-0.05, 0) is 24.5 Å². The minimum absolute atomic E-state index is 0.243. The second-order valence-corrected chi connectivity index (χ2v) is 8.80. The van der Waals surface area contributed by atoms with Crippen molar-refractivity contribution >= 4 is 6.21 Å². The summed E-state index contributed by atoms with van der Waals surface area (Å²) in [5, 5.41) is 8.37. The first-order valence-corrected chi connectivity index (χ1v) is 12.2. The first kappa shape index (κ1) is 26.0. The van der Waals surface area contributed by atoms with Gasteiger partial charge in [-0.25, -0.2) is 0 Å². The second-order valence-electron chi connectivity index (χ2n) is 8.80. The van der Waals surface area contributed by atoms with E-state index >= 15 is 0 Å². The zero-order chi connectivity index (χ0) is 25.5. The van der Waals surface area contributed by atoms with Gasteiger partial charge in [0.15, 0.2) is 11.9 Å². The summed E-state index contributed by atoms with van der Waals surface area (Å²) in [5.74, 6) is 0.742. The zero-order valence-electron chi connectivity index (χ0n) is 21.4. The number of ether oxygens (including phenoxy) is 4. The monoisotopic (exact) mass is 494 g/mol. The maximum atomic E-state index is 5.91. The van der Waals surface area contributed by atoms with Crippen LogP contribution in [0.5, 0.6) is 0 Å². The molecule has 1 saturated heterocycles. The first-order valence-electron chi connectivity index (χ1n) is 12.2. The van der Waals surface area contributed by atoms with Gasteiger partial charge in [0.1, 0.15) is 17.9 Å². The van der Waals surface area contributed by atoms with E-state index in [1.54, 1.807) is 27.5 Å². The van der Waals surface area contributed by atoms with Gasteiger partial charge in [0.2, 0.25) is 0 Å². The molecule has 0 unspecified atom stereocenters. The molecule has 0 amide bonds. The molecule has 1 fully saturated rings. The fraction of sp³-hybridized carbons (Fsp3) is 0.429. The van der Waals surface area contributed by atoms with Crippen LogP contribution >= 0.6 is 0 Å². The average Bonchev–Trinajstić information content (AvgIpc) is 3.39. The highest BCUT2D eigenvalue weighted by molar-refractivity contribution is 5.80. The van der Waals surface area contributed by atoms with Crippen molar-refractivity contribution in [3.63, 3.8) is 0 Å². The highest BCUT2D eigenvalue weighted by Crippen LogP contribution is 2.28. The van der Waals surface area contributed by atoms with Gasteiger partial charge < -0.3 is 28.3 Å². The SMILES string of the molecule is CCCc1ccc(-c2cc(-c3ccc(/C=N/O[C@@H]4O[C@@H](C)[C@H](OC)[C@@H](OC)[C@H]4OC)cc3)no2)cc1. The standard InChI is InChI=1S/C28H34N2O6/c1-6-7-19-8-14-22(15-9-19)24-16-23(30-35-24)21-12-10-20(11-13-21)17-29-36-28-27(33-5)26(32-4)25(31-3)18(2)34-28/h8-18,25-28H,6-7H2,1-5H3/b29-17+/t18-,25-,26+,27+,28-/m0/s1. The summed E-state index contributed by atoms with van der Waals surface area (Å²) in [6.45, 7) is 4.08. The Morgan fingerprint density at radius 1 is 0.889 bits per heavy atom. The molecule has 5 atom stereocenters. The molecule has 2 heterocycles. The summed E-state index contributed by atoms with van der Waals surface area (Å²) in [5.41, 5.74) is 4.92. The number of rotatable bonds is 10. The minimum Gasteiger partial charge on any atom is -0.376 e. The van der Waals surface area contributed by atoms with Gasteiger partial charge in [-0.2, -0.15) is 0 Å². The number of hydrogen-bond acceptors (Lipinski definition) is 8. The van der Waals surface area contributed by atoms with E-state index in [2.05, 4.69) is 41.5 Å². The van der Waals surface area contributed by atoms with E-state index in [9.17, 15) is 0 Å². The predicted octanol–water partition coefficient (Wildman–Crippen LogP) is 5.10. The summed E-state index contributed by atoms with van der Waals surface area (Å²) < 4.78 is 28.2. The zero-order valence-corrected chi connectivity index (χ0v) is 21.4. The lowest BCUT2D eigenvalue weighted by atomic mass is 9.99. The molecule has 8 nitrogen and oxygen atoms in total. The number of hydrogen-bond donors (Lipinski definition) is 0. The molecule has 0 aliphatic carbocycles. The number of methoxy groups -OCH3 is 3. The van der Waals surface area contributed by atoms with Gasteiger partial charge in [-0.3, -0.25) is 0 Å². The summed E-state index contributed by atoms with van der Waals surface area (Å²) in [4.78, 5) is 5.64. The van der Waals surface area contributed by atoms with Crippen LogP contribution in [-0.2, 0) is 30.2 Å². The Bertz CT molecular complexity index is 1110. The Morgan fingerprint density at radius 2 is 1.56 bits per heavy atom. The van der Waals surface area contributed by atoms with E-state index in [1.807, 2.05) is 37.3 Å². The highest BCUT2D eigenvalue weighted by Gasteiger charge is 2.46. The van der Waals surface area contributed by atoms with Crippen molar-refractivity contribution in [3.05, 3.63) is 65.7 Å². The number of benzene rings is 2. The van der Waals surface area contributed by atoms with Gasteiger partial charge in [0.05, 0.1) is 12.3 Å². The van der Waals surface area contributed by atoms with Crippen molar-refractivity contribution < 1.29 is 28.3 Å². The number of oxime groups is 1. The lowest BCUT2D eigenvalue weighted by molar-refractivity contribution is -0.305. The van der Waals surface area contributed by atoms with Gasteiger partial charge >= 0.3 is 0 Å². The highest BCUT2D eigenvalue weighted by atomic mass is 16.8. The number of aryl methyl sites for hydroxylation is 1. The third-order valence-electron chi connectivity index (χ3n) is 6.40. The number of aromatic nitrogens is 1. The van der Waals surface area contributed by atoms with Crippen molar-refractivity contribution in [1.82, 2.24) is 5.16 Å². The van der Waals surface area contributed by atoms with Crippen molar-refractivity contribution in [2.45, 2.75) is 57.4 Å². The molecule has 0 spiro atoms. The summed E-state index contributed by atoms with van der Waals surface area (Å²) in [7, 11) is 4.82. The molecule has 4 rings (SSSR count). The molecule has 0 radical (unpaired) electrons. The molecule has 0 N–H and O–H groups in total. The van der Waals surface area contributed by atoms with E-state index in [-0.39, 0.29) is 18.3 Å². The molecule has 1 aliphatic heterocycles. The third kappa shape index (κ3) is 5.84. The third-order valence-corrected chi connectivity index (χ3v) is 6.40. The van der Waals surface area contributed by atoms with Crippen LogP contribution in [0.2, 0.25) is 0 Å². The van der Waals surface area contributed by atoms with Crippen LogP contribution < -0.4 is 0 Å². The molecule has 3 aromatic rings. The van der Waals surface area contributed by atoms with Gasteiger partial charge in [-0.1, -0.05) is 72.2 Å². The maximum Gasteiger partial charge on any atom is 0.256 e. The Hall–Kier alpha value is -3.04.